The molecule has 1 aliphatic rings. The fourth-order valence-electron chi connectivity index (χ4n) is 4.07. The molecular weight excluding hydrogens is 466 g/mol. The molecule has 0 radical (unpaired) electrons. The number of nitrogens with zero attached hydrogens (tertiary/aromatic N) is 2. The standard InChI is InChI=1S/C26H23N3O3S2/c1-14-4-5-16(10-15(14)2)19-12-33-24-23(19)25(32)29(3)26(28-24)34-13-21(30)18-6-8-20-17(11-18)7-9-22(31)27-20/h4-6,8,10-12H,7,9,13H2,1-3H3,(H,27,31). The Morgan fingerprint density at radius 2 is 1.94 bits per heavy atom. The van der Waals surface area contributed by atoms with E-state index in [0.29, 0.717) is 33.8 Å². The second-order valence-electron chi connectivity index (χ2n) is 8.52. The summed E-state index contributed by atoms with van der Waals surface area (Å²) in [5.41, 5.74) is 6.52. The molecule has 0 spiro atoms. The zero-order valence-electron chi connectivity index (χ0n) is 19.1. The smallest absolute Gasteiger partial charge is 0.263 e. The molecular formula is C26H23N3O3S2. The third-order valence-corrected chi connectivity index (χ3v) is 8.15. The fraction of sp³-hybridized carbons (Fsp3) is 0.231. The van der Waals surface area contributed by atoms with Gasteiger partial charge in [-0.1, -0.05) is 30.0 Å². The molecule has 1 aliphatic heterocycles. The molecule has 2 aromatic heterocycles. The van der Waals surface area contributed by atoms with Gasteiger partial charge < -0.3 is 5.32 Å². The second-order valence-corrected chi connectivity index (χ2v) is 10.3. The summed E-state index contributed by atoms with van der Waals surface area (Å²) < 4.78 is 1.53. The van der Waals surface area contributed by atoms with Gasteiger partial charge in [0.2, 0.25) is 5.91 Å². The van der Waals surface area contributed by atoms with Gasteiger partial charge in [0.15, 0.2) is 10.9 Å². The van der Waals surface area contributed by atoms with Crippen LogP contribution in [0.2, 0.25) is 0 Å². The number of carbonyl (C=O) groups is 2. The number of carbonyl (C=O) groups excluding carboxylic acids is 2. The van der Waals surface area contributed by atoms with Crippen LogP contribution in [0.25, 0.3) is 21.3 Å². The molecule has 0 fully saturated rings. The van der Waals surface area contributed by atoms with E-state index in [9.17, 15) is 14.4 Å². The number of nitrogens with one attached hydrogen (secondary N) is 1. The molecule has 0 bridgehead atoms. The van der Waals surface area contributed by atoms with Crippen LogP contribution >= 0.6 is 23.1 Å². The summed E-state index contributed by atoms with van der Waals surface area (Å²) in [5.74, 6) is 0.131. The first-order valence-electron chi connectivity index (χ1n) is 11.0. The number of aromatic nitrogens is 2. The lowest BCUT2D eigenvalue weighted by molar-refractivity contribution is -0.116. The molecule has 172 valence electrons. The van der Waals surface area contributed by atoms with Crippen molar-refractivity contribution in [3.8, 4) is 11.1 Å². The average Bonchev–Trinajstić information content (AvgIpc) is 3.25. The van der Waals surface area contributed by atoms with Gasteiger partial charge in [-0.15, -0.1) is 11.3 Å². The predicted octanol–water partition coefficient (Wildman–Crippen LogP) is 5.14. The number of fused-ring (bicyclic) bond motifs is 2. The Hall–Kier alpha value is -3.23. The highest BCUT2D eigenvalue weighted by atomic mass is 32.2. The lowest BCUT2D eigenvalue weighted by Gasteiger charge is -2.17. The number of benzene rings is 2. The van der Waals surface area contributed by atoms with Gasteiger partial charge in [0.25, 0.3) is 5.56 Å². The minimum atomic E-state index is -0.112. The van der Waals surface area contributed by atoms with E-state index in [1.807, 2.05) is 17.5 Å². The molecule has 0 unspecified atom stereocenters. The number of aryl methyl sites for hydroxylation is 3. The van der Waals surface area contributed by atoms with E-state index in [1.165, 1.54) is 38.8 Å². The topological polar surface area (TPSA) is 81.1 Å². The van der Waals surface area contributed by atoms with Gasteiger partial charge in [-0.05, 0) is 60.7 Å². The largest absolute Gasteiger partial charge is 0.326 e. The number of hydrogen-bond acceptors (Lipinski definition) is 6. The molecule has 0 aliphatic carbocycles. The van der Waals surface area contributed by atoms with E-state index >= 15 is 0 Å². The molecule has 5 rings (SSSR count). The summed E-state index contributed by atoms with van der Waals surface area (Å²) in [7, 11) is 1.70. The first-order valence-corrected chi connectivity index (χ1v) is 12.8. The van der Waals surface area contributed by atoms with E-state index in [1.54, 1.807) is 19.2 Å². The maximum Gasteiger partial charge on any atom is 0.263 e. The lowest BCUT2D eigenvalue weighted by atomic mass is 9.99. The van der Waals surface area contributed by atoms with Crippen LogP contribution < -0.4 is 10.9 Å². The summed E-state index contributed by atoms with van der Waals surface area (Å²) in [6.07, 6.45) is 1.06. The third kappa shape index (κ3) is 4.08. The SMILES string of the molecule is Cc1ccc(-c2csc3nc(SCC(=O)c4ccc5c(c4)CCC(=O)N5)n(C)c(=O)c23)cc1C. The Labute approximate surface area is 205 Å². The molecule has 3 heterocycles. The molecule has 0 saturated heterocycles. The Morgan fingerprint density at radius 1 is 1.12 bits per heavy atom. The van der Waals surface area contributed by atoms with Gasteiger partial charge in [0, 0.05) is 35.7 Å². The Balaban J connectivity index is 1.40. The highest BCUT2D eigenvalue weighted by Gasteiger charge is 2.19. The zero-order valence-corrected chi connectivity index (χ0v) is 20.7. The van der Waals surface area contributed by atoms with Gasteiger partial charge in [-0.3, -0.25) is 19.0 Å². The minimum absolute atomic E-state index is 0.00115. The maximum absolute atomic E-state index is 13.3. The van der Waals surface area contributed by atoms with Crippen LogP contribution in [0.15, 0.2) is 51.7 Å². The number of ketones is 1. The molecule has 8 heteroatoms. The van der Waals surface area contributed by atoms with Crippen molar-refractivity contribution < 1.29 is 9.59 Å². The van der Waals surface area contributed by atoms with Crippen molar-refractivity contribution in [1.82, 2.24) is 9.55 Å². The fourth-order valence-corrected chi connectivity index (χ4v) is 5.93. The van der Waals surface area contributed by atoms with Crippen molar-refractivity contribution >= 4 is 50.7 Å². The van der Waals surface area contributed by atoms with Crippen LogP contribution in [-0.2, 0) is 18.3 Å². The zero-order chi connectivity index (χ0) is 24.0. The molecule has 34 heavy (non-hydrogen) atoms. The van der Waals surface area contributed by atoms with E-state index in [-0.39, 0.29) is 23.0 Å². The third-order valence-electron chi connectivity index (χ3n) is 6.25. The van der Waals surface area contributed by atoms with Crippen LogP contribution in [0, 0.1) is 13.8 Å². The van der Waals surface area contributed by atoms with Gasteiger partial charge in [0.1, 0.15) is 4.83 Å². The van der Waals surface area contributed by atoms with Crippen molar-refractivity contribution in [2.24, 2.45) is 7.05 Å². The lowest BCUT2D eigenvalue weighted by Crippen LogP contribution is -2.20. The second kappa shape index (κ2) is 8.85. The van der Waals surface area contributed by atoms with E-state index in [4.69, 9.17) is 4.98 Å². The highest BCUT2D eigenvalue weighted by molar-refractivity contribution is 7.99. The molecule has 1 amide bonds. The van der Waals surface area contributed by atoms with Crippen LogP contribution in [0.5, 0.6) is 0 Å². The van der Waals surface area contributed by atoms with Crippen LogP contribution in [0.4, 0.5) is 5.69 Å². The number of rotatable bonds is 5. The molecule has 0 atom stereocenters. The van der Waals surface area contributed by atoms with Crippen molar-refractivity contribution in [2.75, 3.05) is 11.1 Å². The van der Waals surface area contributed by atoms with Gasteiger partial charge in [-0.25, -0.2) is 4.98 Å². The quantitative estimate of drug-likeness (QED) is 0.239. The first-order chi connectivity index (χ1) is 16.3. The number of hydrogen-bond donors (Lipinski definition) is 1. The molecule has 6 nitrogen and oxygen atoms in total. The van der Waals surface area contributed by atoms with Crippen LogP contribution in [0.3, 0.4) is 0 Å². The summed E-state index contributed by atoms with van der Waals surface area (Å²) in [4.78, 5) is 43.0. The summed E-state index contributed by atoms with van der Waals surface area (Å²) in [6.45, 7) is 4.13. The van der Waals surface area contributed by atoms with Crippen molar-refractivity contribution in [3.05, 3.63) is 74.4 Å². The van der Waals surface area contributed by atoms with Crippen LogP contribution in [-0.4, -0.2) is 27.0 Å². The number of thioether (sulfide) groups is 1. The summed E-state index contributed by atoms with van der Waals surface area (Å²) in [5, 5.41) is 5.94. The van der Waals surface area contributed by atoms with Gasteiger partial charge in [-0.2, -0.15) is 0 Å². The Morgan fingerprint density at radius 3 is 2.74 bits per heavy atom. The van der Waals surface area contributed by atoms with Crippen molar-refractivity contribution in [3.63, 3.8) is 0 Å². The van der Waals surface area contributed by atoms with Crippen LogP contribution in [0.1, 0.15) is 33.5 Å². The predicted molar refractivity (Wildman–Crippen MR) is 138 cm³/mol. The first kappa shape index (κ1) is 22.6. The van der Waals surface area contributed by atoms with Gasteiger partial charge >= 0.3 is 0 Å². The molecule has 2 aromatic carbocycles. The number of thiophene rings is 1. The monoisotopic (exact) mass is 489 g/mol. The summed E-state index contributed by atoms with van der Waals surface area (Å²) in [6, 6.07) is 11.6. The molecule has 0 saturated carbocycles. The average molecular weight is 490 g/mol. The van der Waals surface area contributed by atoms with E-state index in [2.05, 4.69) is 31.3 Å². The maximum atomic E-state index is 13.3. The Bertz CT molecular complexity index is 1530. The van der Waals surface area contributed by atoms with E-state index in [0.717, 1.165) is 22.4 Å². The van der Waals surface area contributed by atoms with Crippen molar-refractivity contribution in [1.29, 1.82) is 0 Å². The number of Topliss-reactive ketones (excluding diaryl/α,β-unsaturated/α-hetero) is 1. The van der Waals surface area contributed by atoms with E-state index < -0.39 is 0 Å². The highest BCUT2D eigenvalue weighted by Crippen LogP contribution is 2.33. The summed E-state index contributed by atoms with van der Waals surface area (Å²) >= 11 is 2.71. The molecule has 1 N–H and O–H groups in total. The Kier molecular flexibility index (Phi) is 5.87. The minimum Gasteiger partial charge on any atom is -0.326 e. The number of anilines is 1. The van der Waals surface area contributed by atoms with Gasteiger partial charge in [0.05, 0.1) is 11.1 Å². The number of amides is 1. The normalized spacial score (nSPS) is 13.1. The molecule has 4 aromatic rings. The van der Waals surface area contributed by atoms with Crippen molar-refractivity contribution in [2.45, 2.75) is 31.8 Å².